The lowest BCUT2D eigenvalue weighted by atomic mass is 10.2. The average Bonchev–Trinajstić information content (AvgIpc) is 3.28. The highest BCUT2D eigenvalue weighted by molar-refractivity contribution is 7.14. The fourth-order valence-electron chi connectivity index (χ4n) is 2.56. The summed E-state index contributed by atoms with van der Waals surface area (Å²) in [5.74, 6) is -0.108. The first-order valence-electron chi connectivity index (χ1n) is 7.45. The van der Waals surface area contributed by atoms with Gasteiger partial charge in [-0.05, 0) is 12.1 Å². The predicted molar refractivity (Wildman–Crippen MR) is 96.4 cm³/mol. The van der Waals surface area contributed by atoms with Crippen molar-refractivity contribution in [3.05, 3.63) is 65.8 Å². The zero-order valence-electron chi connectivity index (χ0n) is 12.9. The number of amides is 1. The highest BCUT2D eigenvalue weighted by Gasteiger charge is 2.20. The molecule has 4 rings (SSSR count). The molecule has 0 saturated carbocycles. The first-order valence-corrected chi connectivity index (χ1v) is 8.33. The van der Waals surface area contributed by atoms with Crippen LogP contribution in [0.3, 0.4) is 0 Å². The molecule has 0 spiro atoms. The van der Waals surface area contributed by atoms with Crippen LogP contribution in [0.5, 0.6) is 0 Å². The van der Waals surface area contributed by atoms with E-state index in [0.717, 1.165) is 16.6 Å². The van der Waals surface area contributed by atoms with E-state index in [-0.39, 0.29) is 5.91 Å². The lowest BCUT2D eigenvalue weighted by molar-refractivity contribution is 0.0994. The summed E-state index contributed by atoms with van der Waals surface area (Å²) in [4.78, 5) is 26.2. The molecular weight excluding hydrogens is 320 g/mol. The highest BCUT2D eigenvalue weighted by Crippen LogP contribution is 2.28. The van der Waals surface area contributed by atoms with Crippen LogP contribution in [-0.2, 0) is 0 Å². The van der Waals surface area contributed by atoms with Crippen molar-refractivity contribution < 1.29 is 4.79 Å². The molecule has 0 fully saturated rings. The lowest BCUT2D eigenvalue weighted by Crippen LogP contribution is -2.25. The third-order valence-electron chi connectivity index (χ3n) is 3.83. The molecule has 24 heavy (non-hydrogen) atoms. The summed E-state index contributed by atoms with van der Waals surface area (Å²) in [5, 5.41) is 3.44. The van der Waals surface area contributed by atoms with Crippen molar-refractivity contribution in [3.8, 4) is 11.3 Å². The Morgan fingerprint density at radius 1 is 1.17 bits per heavy atom. The number of thiazole rings is 1. The molecule has 0 aliphatic carbocycles. The van der Waals surface area contributed by atoms with E-state index in [9.17, 15) is 4.79 Å². The molecule has 4 aromatic rings. The number of nitrogens with one attached hydrogen (secondary N) is 1. The number of aromatic amines is 1. The van der Waals surface area contributed by atoms with Crippen LogP contribution in [0, 0.1) is 0 Å². The van der Waals surface area contributed by atoms with E-state index in [1.54, 1.807) is 24.3 Å². The standard InChI is InChI=1S/C18H14N4OS/c1-22(17(23)14-10-20-16-13(14)8-5-9-19-16)18-21-15(11-24-18)12-6-3-2-4-7-12/h2-11H,1H3,(H,19,20). The monoisotopic (exact) mass is 334 g/mol. The van der Waals surface area contributed by atoms with Gasteiger partial charge in [0.25, 0.3) is 5.91 Å². The van der Waals surface area contributed by atoms with Gasteiger partial charge < -0.3 is 4.98 Å². The first-order chi connectivity index (χ1) is 11.7. The van der Waals surface area contributed by atoms with Crippen LogP contribution in [0.4, 0.5) is 5.13 Å². The van der Waals surface area contributed by atoms with E-state index in [4.69, 9.17) is 0 Å². The third kappa shape index (κ3) is 2.47. The molecule has 0 aliphatic rings. The van der Waals surface area contributed by atoms with Gasteiger partial charge in [0.05, 0.1) is 11.3 Å². The molecule has 1 aromatic carbocycles. The first kappa shape index (κ1) is 14.6. The molecule has 1 N–H and O–H groups in total. The Labute approximate surface area is 142 Å². The van der Waals surface area contributed by atoms with Crippen molar-refractivity contribution in [2.45, 2.75) is 0 Å². The molecule has 0 unspecified atom stereocenters. The number of rotatable bonds is 3. The molecule has 0 bridgehead atoms. The van der Waals surface area contributed by atoms with Crippen LogP contribution in [0.1, 0.15) is 10.4 Å². The number of hydrogen-bond acceptors (Lipinski definition) is 4. The second kappa shape index (κ2) is 5.90. The Morgan fingerprint density at radius 2 is 2.00 bits per heavy atom. The second-order valence-electron chi connectivity index (χ2n) is 5.35. The SMILES string of the molecule is CN(C(=O)c1c[nH]c2ncccc12)c1nc(-c2ccccc2)cs1. The molecule has 3 aromatic heterocycles. The van der Waals surface area contributed by atoms with Crippen molar-refractivity contribution in [1.82, 2.24) is 15.0 Å². The van der Waals surface area contributed by atoms with Crippen molar-refractivity contribution in [1.29, 1.82) is 0 Å². The van der Waals surface area contributed by atoms with Gasteiger partial charge in [0.2, 0.25) is 0 Å². The third-order valence-corrected chi connectivity index (χ3v) is 4.75. The van der Waals surface area contributed by atoms with Gasteiger partial charge in [-0.2, -0.15) is 0 Å². The van der Waals surface area contributed by atoms with Crippen LogP contribution < -0.4 is 4.90 Å². The van der Waals surface area contributed by atoms with Crippen LogP contribution in [0.2, 0.25) is 0 Å². The Morgan fingerprint density at radius 3 is 2.83 bits per heavy atom. The zero-order chi connectivity index (χ0) is 16.5. The van der Waals surface area contributed by atoms with Crippen LogP contribution in [0.25, 0.3) is 22.3 Å². The number of anilines is 1. The minimum atomic E-state index is -0.108. The van der Waals surface area contributed by atoms with Crippen LogP contribution in [-0.4, -0.2) is 27.9 Å². The van der Waals surface area contributed by atoms with E-state index >= 15 is 0 Å². The van der Waals surface area contributed by atoms with Gasteiger partial charge in [-0.1, -0.05) is 30.3 Å². The van der Waals surface area contributed by atoms with E-state index in [2.05, 4.69) is 15.0 Å². The summed E-state index contributed by atoms with van der Waals surface area (Å²) < 4.78 is 0. The average molecular weight is 334 g/mol. The van der Waals surface area contributed by atoms with Gasteiger partial charge in [-0.3, -0.25) is 9.69 Å². The smallest absolute Gasteiger partial charge is 0.262 e. The molecule has 0 saturated heterocycles. The van der Waals surface area contributed by atoms with E-state index in [0.29, 0.717) is 16.3 Å². The largest absolute Gasteiger partial charge is 0.345 e. The maximum atomic E-state index is 12.8. The van der Waals surface area contributed by atoms with Crippen molar-refractivity contribution in [2.24, 2.45) is 0 Å². The quantitative estimate of drug-likeness (QED) is 0.617. The number of nitrogens with zero attached hydrogens (tertiary/aromatic N) is 3. The molecule has 5 nitrogen and oxygen atoms in total. The number of aromatic nitrogens is 3. The van der Waals surface area contributed by atoms with Gasteiger partial charge in [0.15, 0.2) is 5.13 Å². The lowest BCUT2D eigenvalue weighted by Gasteiger charge is -2.12. The predicted octanol–water partition coefficient (Wildman–Crippen LogP) is 3.96. The molecule has 3 heterocycles. The Bertz CT molecular complexity index is 1010. The van der Waals surface area contributed by atoms with E-state index in [1.807, 2.05) is 47.8 Å². The Hall–Kier alpha value is -2.99. The Balaban J connectivity index is 1.65. The van der Waals surface area contributed by atoms with Crippen molar-refractivity contribution >= 4 is 33.4 Å². The van der Waals surface area contributed by atoms with Gasteiger partial charge in [-0.25, -0.2) is 9.97 Å². The summed E-state index contributed by atoms with van der Waals surface area (Å²) >= 11 is 1.45. The summed E-state index contributed by atoms with van der Waals surface area (Å²) in [7, 11) is 1.74. The van der Waals surface area contributed by atoms with E-state index < -0.39 is 0 Å². The minimum absolute atomic E-state index is 0.108. The Kier molecular flexibility index (Phi) is 3.59. The zero-order valence-corrected chi connectivity index (χ0v) is 13.7. The normalized spacial score (nSPS) is 10.9. The summed E-state index contributed by atoms with van der Waals surface area (Å²) in [6, 6.07) is 13.6. The van der Waals surface area contributed by atoms with Crippen LogP contribution in [0.15, 0.2) is 60.2 Å². The summed E-state index contributed by atoms with van der Waals surface area (Å²) in [6.07, 6.45) is 3.39. The van der Waals surface area contributed by atoms with E-state index in [1.165, 1.54) is 11.3 Å². The molecule has 0 aliphatic heterocycles. The maximum absolute atomic E-state index is 12.8. The highest BCUT2D eigenvalue weighted by atomic mass is 32.1. The molecule has 1 amide bonds. The number of H-pyrrole nitrogens is 1. The van der Waals surface area contributed by atoms with Gasteiger partial charge in [0, 0.05) is 35.8 Å². The molecule has 0 radical (unpaired) electrons. The fraction of sp³-hybridized carbons (Fsp3) is 0.0556. The van der Waals surface area contributed by atoms with Crippen molar-refractivity contribution in [3.63, 3.8) is 0 Å². The van der Waals surface area contributed by atoms with Gasteiger partial charge in [-0.15, -0.1) is 11.3 Å². The van der Waals surface area contributed by atoms with Gasteiger partial charge >= 0.3 is 0 Å². The fourth-order valence-corrected chi connectivity index (χ4v) is 3.36. The molecule has 118 valence electrons. The summed E-state index contributed by atoms with van der Waals surface area (Å²) in [5.41, 5.74) is 3.21. The van der Waals surface area contributed by atoms with Crippen LogP contribution >= 0.6 is 11.3 Å². The van der Waals surface area contributed by atoms with Gasteiger partial charge in [0.1, 0.15) is 5.65 Å². The minimum Gasteiger partial charge on any atom is -0.345 e. The molecule has 0 atom stereocenters. The maximum Gasteiger partial charge on any atom is 0.262 e. The number of carbonyl (C=O) groups is 1. The van der Waals surface area contributed by atoms with Crippen molar-refractivity contribution in [2.75, 3.05) is 11.9 Å². The second-order valence-corrected chi connectivity index (χ2v) is 6.18. The number of pyridine rings is 1. The summed E-state index contributed by atoms with van der Waals surface area (Å²) in [6.45, 7) is 0. The molecular formula is C18H14N4OS. The number of fused-ring (bicyclic) bond motifs is 1. The number of benzene rings is 1. The topological polar surface area (TPSA) is 61.9 Å². The number of hydrogen-bond donors (Lipinski definition) is 1. The molecule has 6 heteroatoms. The number of carbonyl (C=O) groups excluding carboxylic acids is 1.